The van der Waals surface area contributed by atoms with E-state index < -0.39 is 66.1 Å². The maximum atomic E-state index is 13.5. The Labute approximate surface area is 153 Å². The van der Waals surface area contributed by atoms with Crippen molar-refractivity contribution in [3.8, 4) is 0 Å². The van der Waals surface area contributed by atoms with Crippen molar-refractivity contribution in [2.24, 2.45) is 0 Å². The molecule has 0 saturated heterocycles. The first-order valence-corrected chi connectivity index (χ1v) is 8.80. The molecule has 2 rings (SSSR count). The average Bonchev–Trinajstić information content (AvgIpc) is 2.55. The van der Waals surface area contributed by atoms with Crippen molar-refractivity contribution in [2.75, 3.05) is 11.1 Å². The molecule has 0 bridgehead atoms. The zero-order chi connectivity index (χ0) is 21.3. The molecule has 0 aliphatic heterocycles. The number of amides is 1. The van der Waals surface area contributed by atoms with E-state index in [0.717, 1.165) is 12.1 Å². The van der Waals surface area contributed by atoms with Gasteiger partial charge in [0.05, 0.1) is 16.2 Å². The van der Waals surface area contributed by atoms with E-state index in [1.165, 1.54) is 0 Å². The fourth-order valence-electron chi connectivity index (χ4n) is 2.13. The number of nitro groups is 1. The first-order valence-electron chi connectivity index (χ1n) is 7.14. The van der Waals surface area contributed by atoms with Gasteiger partial charge in [-0.3, -0.25) is 14.9 Å². The highest BCUT2D eigenvalue weighted by Crippen LogP contribution is 2.34. The van der Waals surface area contributed by atoms with E-state index in [0.29, 0.717) is 18.2 Å². The first-order chi connectivity index (χ1) is 12.8. The highest BCUT2D eigenvalue weighted by atomic mass is 32.2. The van der Waals surface area contributed by atoms with Gasteiger partial charge in [0.25, 0.3) is 5.69 Å². The molecule has 1 amide bonds. The van der Waals surface area contributed by atoms with Gasteiger partial charge in [0.1, 0.15) is 22.3 Å². The Bertz CT molecular complexity index is 1050. The minimum atomic E-state index is -4.95. The van der Waals surface area contributed by atoms with Gasteiger partial charge in [-0.05, 0) is 24.3 Å². The molecular weight excluding hydrogens is 415 g/mol. The number of carbonyl (C=O) groups is 1. The minimum absolute atomic E-state index is 0.0322. The van der Waals surface area contributed by atoms with Gasteiger partial charge in [-0.1, -0.05) is 0 Å². The second kappa shape index (κ2) is 7.50. The smallest absolute Gasteiger partial charge is 0.323 e. The van der Waals surface area contributed by atoms with Gasteiger partial charge < -0.3 is 5.32 Å². The summed E-state index contributed by atoms with van der Waals surface area (Å²) in [6, 6.07) is 2.73. The molecule has 2 aromatic carbocycles. The maximum Gasteiger partial charge on any atom is 0.416 e. The van der Waals surface area contributed by atoms with Crippen LogP contribution in [0.1, 0.15) is 5.56 Å². The van der Waals surface area contributed by atoms with E-state index in [-0.39, 0.29) is 6.07 Å². The number of nitro benzene ring substituents is 1. The Morgan fingerprint density at radius 3 is 2.29 bits per heavy atom. The van der Waals surface area contributed by atoms with Crippen LogP contribution in [0.5, 0.6) is 0 Å². The summed E-state index contributed by atoms with van der Waals surface area (Å²) < 4.78 is 88.9. The quantitative estimate of drug-likeness (QED) is 0.450. The Morgan fingerprint density at radius 1 is 1.11 bits per heavy atom. The number of rotatable bonds is 5. The van der Waals surface area contributed by atoms with E-state index in [2.05, 4.69) is 0 Å². The Morgan fingerprint density at radius 2 is 1.75 bits per heavy atom. The molecule has 0 radical (unpaired) electrons. The summed E-state index contributed by atoms with van der Waals surface area (Å²) in [5.41, 5.74) is -3.37. The molecule has 13 heteroatoms. The number of nitrogens with one attached hydrogen (secondary N) is 1. The van der Waals surface area contributed by atoms with Crippen molar-refractivity contribution in [1.29, 1.82) is 0 Å². The van der Waals surface area contributed by atoms with E-state index >= 15 is 0 Å². The van der Waals surface area contributed by atoms with Crippen molar-refractivity contribution in [3.05, 3.63) is 63.7 Å². The average molecular weight is 424 g/mol. The summed E-state index contributed by atoms with van der Waals surface area (Å²) in [6.45, 7) is 0. The molecule has 0 saturated carbocycles. The molecule has 150 valence electrons. The summed E-state index contributed by atoms with van der Waals surface area (Å²) >= 11 is 0. The van der Waals surface area contributed by atoms with Gasteiger partial charge in [-0.2, -0.15) is 13.2 Å². The van der Waals surface area contributed by atoms with Gasteiger partial charge in [-0.25, -0.2) is 17.2 Å². The second-order valence-electron chi connectivity index (χ2n) is 5.37. The van der Waals surface area contributed by atoms with Crippen LogP contribution in [0.4, 0.5) is 33.3 Å². The van der Waals surface area contributed by atoms with Crippen LogP contribution in [0.25, 0.3) is 0 Å². The molecule has 0 aromatic heterocycles. The Hall–Kier alpha value is -3.09. The van der Waals surface area contributed by atoms with E-state index in [1.807, 2.05) is 5.32 Å². The summed E-state index contributed by atoms with van der Waals surface area (Å²) in [6.07, 6.45) is -4.95. The number of hydrogen-bond acceptors (Lipinski definition) is 5. The van der Waals surface area contributed by atoms with E-state index in [4.69, 9.17) is 0 Å². The van der Waals surface area contributed by atoms with Crippen LogP contribution in [-0.4, -0.2) is 25.0 Å². The molecule has 0 aliphatic carbocycles. The highest BCUT2D eigenvalue weighted by molar-refractivity contribution is 7.92. The normalized spacial score (nSPS) is 11.9. The van der Waals surface area contributed by atoms with Gasteiger partial charge in [-0.15, -0.1) is 0 Å². The third-order valence-corrected chi connectivity index (χ3v) is 5.00. The van der Waals surface area contributed by atoms with Crippen molar-refractivity contribution in [3.63, 3.8) is 0 Å². The standard InChI is InChI=1S/C15H9F5N2O5S/c16-9-2-3-11(10(17)6-9)21-14(23)7-28(26,27)13-4-1-8(15(18,19)20)5-12(13)22(24)25/h1-6H,7H2,(H,21,23). The lowest BCUT2D eigenvalue weighted by atomic mass is 10.2. The number of anilines is 1. The molecule has 0 aliphatic rings. The number of nitrogens with zero attached hydrogens (tertiary/aromatic N) is 1. The van der Waals surface area contributed by atoms with Gasteiger partial charge in [0.15, 0.2) is 9.84 Å². The highest BCUT2D eigenvalue weighted by Gasteiger charge is 2.36. The third kappa shape index (κ3) is 4.79. The molecule has 7 nitrogen and oxygen atoms in total. The van der Waals surface area contributed by atoms with E-state index in [9.17, 15) is 45.3 Å². The van der Waals surface area contributed by atoms with Crippen molar-refractivity contribution < 1.29 is 40.1 Å². The largest absolute Gasteiger partial charge is 0.416 e. The second-order valence-corrected chi connectivity index (χ2v) is 7.33. The zero-order valence-electron chi connectivity index (χ0n) is 13.5. The maximum absolute atomic E-state index is 13.5. The van der Waals surface area contributed by atoms with Crippen LogP contribution in [0.15, 0.2) is 41.3 Å². The summed E-state index contributed by atoms with van der Waals surface area (Å²) in [7, 11) is -4.76. The number of hydrogen-bond donors (Lipinski definition) is 1. The monoisotopic (exact) mass is 424 g/mol. The predicted octanol–water partition coefficient (Wildman–Crippen LogP) is 3.30. The lowest BCUT2D eigenvalue weighted by Gasteiger charge is -2.10. The first kappa shape index (κ1) is 21.2. The summed E-state index contributed by atoms with van der Waals surface area (Å²) in [5, 5.41) is 12.8. The Balaban J connectivity index is 2.33. The van der Waals surface area contributed by atoms with Gasteiger partial charge in [0.2, 0.25) is 5.91 Å². The predicted molar refractivity (Wildman–Crippen MR) is 85.1 cm³/mol. The lowest BCUT2D eigenvalue weighted by molar-refractivity contribution is -0.388. The zero-order valence-corrected chi connectivity index (χ0v) is 14.3. The Kier molecular flexibility index (Phi) is 5.68. The molecule has 28 heavy (non-hydrogen) atoms. The van der Waals surface area contributed by atoms with Crippen LogP contribution in [0.3, 0.4) is 0 Å². The van der Waals surface area contributed by atoms with Crippen LogP contribution >= 0.6 is 0 Å². The number of alkyl halides is 3. The third-order valence-electron chi connectivity index (χ3n) is 3.34. The lowest BCUT2D eigenvalue weighted by Crippen LogP contribution is -2.24. The molecule has 0 spiro atoms. The summed E-state index contributed by atoms with van der Waals surface area (Å²) in [5.74, 6) is -4.91. The van der Waals surface area contributed by atoms with Crippen LogP contribution < -0.4 is 5.32 Å². The SMILES string of the molecule is O=C(CS(=O)(=O)c1ccc(C(F)(F)F)cc1[N+](=O)[O-])Nc1ccc(F)cc1F. The molecular formula is C15H9F5N2O5S. The molecule has 1 N–H and O–H groups in total. The van der Waals surface area contributed by atoms with Gasteiger partial charge >= 0.3 is 6.18 Å². The number of halogens is 5. The van der Waals surface area contributed by atoms with Crippen molar-refractivity contribution in [1.82, 2.24) is 0 Å². The topological polar surface area (TPSA) is 106 Å². The number of sulfone groups is 1. The van der Waals surface area contributed by atoms with Crippen LogP contribution in [0.2, 0.25) is 0 Å². The fraction of sp³-hybridized carbons (Fsp3) is 0.133. The van der Waals surface area contributed by atoms with Crippen LogP contribution in [0, 0.1) is 21.7 Å². The van der Waals surface area contributed by atoms with Crippen molar-refractivity contribution >= 4 is 27.1 Å². The number of carbonyl (C=O) groups excluding carboxylic acids is 1. The molecule has 2 aromatic rings. The number of benzene rings is 2. The molecule has 0 heterocycles. The minimum Gasteiger partial charge on any atom is -0.323 e. The van der Waals surface area contributed by atoms with Crippen molar-refractivity contribution in [2.45, 2.75) is 11.1 Å². The fourth-order valence-corrected chi connectivity index (χ4v) is 3.43. The van der Waals surface area contributed by atoms with Crippen LogP contribution in [-0.2, 0) is 20.8 Å². The van der Waals surface area contributed by atoms with E-state index in [1.54, 1.807) is 0 Å². The summed E-state index contributed by atoms with van der Waals surface area (Å²) in [4.78, 5) is 20.4. The molecule has 0 fully saturated rings. The molecule has 0 atom stereocenters. The van der Waals surface area contributed by atoms with Gasteiger partial charge in [0, 0.05) is 12.1 Å². The molecule has 0 unspecified atom stereocenters.